The van der Waals surface area contributed by atoms with Gasteiger partial charge in [-0.25, -0.2) is 9.67 Å². The number of aryl methyl sites for hydroxylation is 1. The van der Waals surface area contributed by atoms with Gasteiger partial charge >= 0.3 is 6.18 Å². The summed E-state index contributed by atoms with van der Waals surface area (Å²) in [6.45, 7) is 1.62. The van der Waals surface area contributed by atoms with E-state index in [4.69, 9.17) is 0 Å². The molecule has 0 bridgehead atoms. The smallest absolute Gasteiger partial charge is 0.308 e. The highest BCUT2D eigenvalue weighted by Gasteiger charge is 2.37. The highest BCUT2D eigenvalue weighted by molar-refractivity contribution is 7.19. The Bertz CT molecular complexity index is 1430. The van der Waals surface area contributed by atoms with Crippen molar-refractivity contribution in [2.75, 3.05) is 0 Å². The fourth-order valence-corrected chi connectivity index (χ4v) is 5.34. The zero-order valence-electron chi connectivity index (χ0n) is 16.1. The maximum Gasteiger partial charge on any atom is 0.421 e. The minimum absolute atomic E-state index is 0.0726. The number of hydrogen-bond acceptors (Lipinski definition) is 6. The van der Waals surface area contributed by atoms with E-state index in [0.717, 1.165) is 38.9 Å². The Balaban J connectivity index is 1.58. The van der Waals surface area contributed by atoms with Crippen molar-refractivity contribution >= 4 is 32.9 Å². The van der Waals surface area contributed by atoms with Crippen molar-refractivity contribution in [3.05, 3.63) is 66.2 Å². The molecule has 4 aromatic heterocycles. The van der Waals surface area contributed by atoms with Gasteiger partial charge in [-0.05, 0) is 38.0 Å². The van der Waals surface area contributed by atoms with E-state index < -0.39 is 22.9 Å². The second kappa shape index (κ2) is 7.13. The molecule has 0 unspecified atom stereocenters. The minimum atomic E-state index is -4.78. The van der Waals surface area contributed by atoms with Crippen molar-refractivity contribution in [2.45, 2.75) is 38.4 Å². The summed E-state index contributed by atoms with van der Waals surface area (Å²) in [4.78, 5) is 34.7. The molecule has 0 aliphatic heterocycles. The average Bonchev–Trinajstić information content (AvgIpc) is 3.31. The predicted molar refractivity (Wildman–Crippen MR) is 113 cm³/mol. The summed E-state index contributed by atoms with van der Waals surface area (Å²) in [5, 5.41) is 6.38. The molecule has 1 N–H and O–H groups in total. The molecule has 0 spiro atoms. The Labute approximate surface area is 181 Å². The van der Waals surface area contributed by atoms with Crippen LogP contribution in [0.5, 0.6) is 0 Å². The molecule has 1 saturated carbocycles. The molecule has 0 amide bonds. The van der Waals surface area contributed by atoms with Crippen LogP contribution in [0.1, 0.15) is 40.7 Å². The van der Waals surface area contributed by atoms with E-state index in [1.807, 2.05) is 24.4 Å². The standard InChI is InChI=1S/C20H15F3N4O2S2/c1-9-2-5-14(31-9)11-8-30-18-16(11)17(28)24-15(25-18)7-27-19(29)12(20(21,22)23)6-13(26-27)10-3-4-10/h2,5-6,8,10H,3-4,7H2,1H3,(H,24,25,28). The zero-order valence-corrected chi connectivity index (χ0v) is 17.7. The molecule has 0 atom stereocenters. The van der Waals surface area contributed by atoms with Crippen molar-refractivity contribution < 1.29 is 13.2 Å². The second-order valence-corrected chi connectivity index (χ2v) is 9.62. The van der Waals surface area contributed by atoms with Crippen LogP contribution in [-0.4, -0.2) is 19.7 Å². The van der Waals surface area contributed by atoms with Crippen molar-refractivity contribution in [3.63, 3.8) is 0 Å². The summed E-state index contributed by atoms with van der Waals surface area (Å²) in [5.41, 5.74) is -1.89. The first kappa shape index (κ1) is 20.1. The van der Waals surface area contributed by atoms with Crippen LogP contribution in [0.3, 0.4) is 0 Å². The quantitative estimate of drug-likeness (QED) is 0.482. The SMILES string of the molecule is Cc1ccc(-c2csc3nc(Cn4nc(C5CC5)cc(C(F)(F)F)c4=O)[nH]c(=O)c23)s1. The van der Waals surface area contributed by atoms with Crippen LogP contribution in [0.4, 0.5) is 13.2 Å². The lowest BCUT2D eigenvalue weighted by atomic mass is 10.2. The van der Waals surface area contributed by atoms with Crippen molar-refractivity contribution in [3.8, 4) is 10.4 Å². The number of aromatic amines is 1. The summed E-state index contributed by atoms with van der Waals surface area (Å²) < 4.78 is 40.8. The van der Waals surface area contributed by atoms with Gasteiger partial charge in [-0.2, -0.15) is 18.3 Å². The zero-order chi connectivity index (χ0) is 21.9. The summed E-state index contributed by atoms with van der Waals surface area (Å²) in [5.74, 6) is 0.0143. The van der Waals surface area contributed by atoms with E-state index >= 15 is 0 Å². The van der Waals surface area contributed by atoms with E-state index in [2.05, 4.69) is 15.1 Å². The van der Waals surface area contributed by atoms with Gasteiger partial charge in [0.05, 0.1) is 11.1 Å². The second-order valence-electron chi connectivity index (χ2n) is 7.47. The third-order valence-electron chi connectivity index (χ3n) is 5.09. The predicted octanol–water partition coefficient (Wildman–Crippen LogP) is 4.52. The Kier molecular flexibility index (Phi) is 4.63. The number of aromatic nitrogens is 4. The fourth-order valence-electron chi connectivity index (χ4n) is 3.42. The van der Waals surface area contributed by atoms with E-state index in [1.54, 1.807) is 11.3 Å². The van der Waals surface area contributed by atoms with E-state index in [1.165, 1.54) is 11.3 Å². The van der Waals surface area contributed by atoms with Crippen LogP contribution < -0.4 is 11.1 Å². The summed E-state index contributed by atoms with van der Waals surface area (Å²) in [6.07, 6.45) is -3.30. The number of hydrogen-bond donors (Lipinski definition) is 1. The Hall–Kier alpha value is -2.79. The van der Waals surface area contributed by atoms with Gasteiger partial charge in [0, 0.05) is 26.6 Å². The van der Waals surface area contributed by atoms with Gasteiger partial charge in [0.15, 0.2) is 0 Å². The van der Waals surface area contributed by atoms with Gasteiger partial charge in [-0.1, -0.05) is 0 Å². The molecule has 4 heterocycles. The first-order chi connectivity index (χ1) is 14.7. The molecule has 1 aliphatic carbocycles. The maximum atomic E-state index is 13.4. The molecule has 1 fully saturated rings. The first-order valence-electron chi connectivity index (χ1n) is 9.47. The number of alkyl halides is 3. The lowest BCUT2D eigenvalue weighted by Crippen LogP contribution is -2.32. The van der Waals surface area contributed by atoms with Crippen LogP contribution >= 0.6 is 22.7 Å². The number of H-pyrrole nitrogens is 1. The van der Waals surface area contributed by atoms with Crippen LogP contribution in [0.25, 0.3) is 20.7 Å². The maximum absolute atomic E-state index is 13.4. The molecular formula is C20H15F3N4O2S2. The molecule has 5 rings (SSSR count). The monoisotopic (exact) mass is 464 g/mol. The minimum Gasteiger partial charge on any atom is -0.308 e. The Morgan fingerprint density at radius 3 is 2.68 bits per heavy atom. The fraction of sp³-hybridized carbons (Fsp3) is 0.300. The number of thiophene rings is 2. The average molecular weight is 464 g/mol. The van der Waals surface area contributed by atoms with Crippen LogP contribution in [0.2, 0.25) is 0 Å². The Morgan fingerprint density at radius 1 is 1.26 bits per heavy atom. The van der Waals surface area contributed by atoms with Crippen LogP contribution in [0, 0.1) is 6.92 Å². The molecule has 160 valence electrons. The van der Waals surface area contributed by atoms with Crippen LogP contribution in [-0.2, 0) is 12.7 Å². The molecule has 0 radical (unpaired) electrons. The van der Waals surface area contributed by atoms with Crippen LogP contribution in [0.15, 0.2) is 33.2 Å². The number of fused-ring (bicyclic) bond motifs is 1. The lowest BCUT2D eigenvalue weighted by Gasteiger charge is -2.12. The highest BCUT2D eigenvalue weighted by Crippen LogP contribution is 2.40. The lowest BCUT2D eigenvalue weighted by molar-refractivity contribution is -0.139. The molecule has 1 aliphatic rings. The number of nitrogens with zero attached hydrogens (tertiary/aromatic N) is 3. The summed E-state index contributed by atoms with van der Waals surface area (Å²) in [7, 11) is 0. The van der Waals surface area contributed by atoms with Gasteiger partial charge in [0.25, 0.3) is 11.1 Å². The molecule has 0 saturated heterocycles. The molecule has 6 nitrogen and oxygen atoms in total. The first-order valence-corrected chi connectivity index (χ1v) is 11.2. The molecule has 11 heteroatoms. The molecule has 0 aromatic carbocycles. The van der Waals surface area contributed by atoms with E-state index in [-0.39, 0.29) is 24.0 Å². The van der Waals surface area contributed by atoms with Crippen molar-refractivity contribution in [2.24, 2.45) is 0 Å². The number of rotatable bonds is 4. The number of halogens is 3. The Morgan fingerprint density at radius 2 is 2.03 bits per heavy atom. The van der Waals surface area contributed by atoms with E-state index in [0.29, 0.717) is 10.2 Å². The third-order valence-corrected chi connectivity index (χ3v) is 7.00. The van der Waals surface area contributed by atoms with Crippen molar-refractivity contribution in [1.29, 1.82) is 0 Å². The third kappa shape index (κ3) is 3.72. The normalized spacial score (nSPS) is 14.5. The summed E-state index contributed by atoms with van der Waals surface area (Å²) >= 11 is 2.83. The highest BCUT2D eigenvalue weighted by atomic mass is 32.1. The summed E-state index contributed by atoms with van der Waals surface area (Å²) in [6, 6.07) is 4.73. The number of nitrogens with one attached hydrogen (secondary N) is 1. The topological polar surface area (TPSA) is 80.6 Å². The van der Waals surface area contributed by atoms with E-state index in [9.17, 15) is 22.8 Å². The van der Waals surface area contributed by atoms with Crippen molar-refractivity contribution in [1.82, 2.24) is 19.7 Å². The van der Waals surface area contributed by atoms with Gasteiger partial charge < -0.3 is 4.98 Å². The van der Waals surface area contributed by atoms with Gasteiger partial charge in [-0.15, -0.1) is 22.7 Å². The van der Waals surface area contributed by atoms with Gasteiger partial charge in [0.2, 0.25) is 0 Å². The van der Waals surface area contributed by atoms with Gasteiger partial charge in [-0.3, -0.25) is 9.59 Å². The largest absolute Gasteiger partial charge is 0.421 e. The van der Waals surface area contributed by atoms with Gasteiger partial charge in [0.1, 0.15) is 22.8 Å². The molecule has 31 heavy (non-hydrogen) atoms. The molecular weight excluding hydrogens is 449 g/mol. The molecule has 4 aromatic rings.